The van der Waals surface area contributed by atoms with Crippen LogP contribution in [0.15, 0.2) is 18.2 Å². The highest BCUT2D eigenvalue weighted by Gasteiger charge is 2.37. The Bertz CT molecular complexity index is 619. The van der Waals surface area contributed by atoms with Crippen LogP contribution in [0, 0.1) is 5.92 Å². The van der Waals surface area contributed by atoms with Crippen molar-refractivity contribution in [2.24, 2.45) is 11.7 Å². The van der Waals surface area contributed by atoms with Crippen LogP contribution in [-0.4, -0.2) is 43.2 Å². The van der Waals surface area contributed by atoms with E-state index in [-0.39, 0.29) is 18.6 Å². The first kappa shape index (κ1) is 19.2. The predicted octanol–water partition coefficient (Wildman–Crippen LogP) is 3.07. The van der Waals surface area contributed by atoms with Crippen LogP contribution in [0.4, 0.5) is 0 Å². The lowest BCUT2D eigenvalue weighted by atomic mass is 9.79. The third-order valence-electron chi connectivity index (χ3n) is 5.74. The number of nitrogens with two attached hydrogens (primary N) is 1. The summed E-state index contributed by atoms with van der Waals surface area (Å²) in [5.74, 6) is 1.04. The molecule has 0 aromatic heterocycles. The molecule has 2 heterocycles. The number of piperidine rings is 1. The van der Waals surface area contributed by atoms with Crippen molar-refractivity contribution in [3.63, 3.8) is 0 Å². The van der Waals surface area contributed by atoms with E-state index in [4.69, 9.17) is 15.2 Å². The minimum atomic E-state index is -0.326. The van der Waals surface area contributed by atoms with E-state index in [1.54, 1.807) is 6.92 Å². The van der Waals surface area contributed by atoms with E-state index in [0.717, 1.165) is 31.7 Å². The molecule has 1 aromatic carbocycles. The van der Waals surface area contributed by atoms with Crippen LogP contribution in [0.5, 0.6) is 5.75 Å². The fourth-order valence-corrected chi connectivity index (χ4v) is 4.33. The van der Waals surface area contributed by atoms with Crippen molar-refractivity contribution in [2.45, 2.75) is 58.0 Å². The monoisotopic (exact) mass is 360 g/mol. The number of esters is 1. The number of benzene rings is 1. The first-order valence-corrected chi connectivity index (χ1v) is 10.0. The van der Waals surface area contributed by atoms with E-state index in [2.05, 4.69) is 24.0 Å². The number of nitrogens with zero attached hydrogens (tertiary/aromatic N) is 1. The Morgan fingerprint density at radius 2 is 2.19 bits per heavy atom. The lowest BCUT2D eigenvalue weighted by Gasteiger charge is -2.46. The lowest BCUT2D eigenvalue weighted by molar-refractivity contribution is -0.145. The molecule has 1 aromatic rings. The maximum absolute atomic E-state index is 11.5. The maximum atomic E-state index is 11.5. The molecule has 2 aliphatic heterocycles. The quantitative estimate of drug-likeness (QED) is 0.757. The van der Waals surface area contributed by atoms with Gasteiger partial charge in [-0.05, 0) is 55.4 Å². The van der Waals surface area contributed by atoms with Gasteiger partial charge >= 0.3 is 5.97 Å². The van der Waals surface area contributed by atoms with Gasteiger partial charge < -0.3 is 15.2 Å². The summed E-state index contributed by atoms with van der Waals surface area (Å²) >= 11 is 0. The second kappa shape index (κ2) is 8.87. The SMILES string of the molecule is CCCCC1CN2CCc3cc(OCC(=O)OCC)ccc3C2CC1N. The first-order chi connectivity index (χ1) is 12.6. The molecule has 1 saturated heterocycles. The number of rotatable bonds is 7. The predicted molar refractivity (Wildman–Crippen MR) is 102 cm³/mol. The van der Waals surface area contributed by atoms with Gasteiger partial charge in [-0.1, -0.05) is 25.8 Å². The normalized spacial score (nSPS) is 25.3. The molecule has 0 radical (unpaired) electrons. The van der Waals surface area contributed by atoms with E-state index < -0.39 is 0 Å². The molecule has 2 aliphatic rings. The van der Waals surface area contributed by atoms with Gasteiger partial charge in [0.15, 0.2) is 6.61 Å². The second-order valence-electron chi connectivity index (χ2n) is 7.52. The second-order valence-corrected chi connectivity index (χ2v) is 7.52. The topological polar surface area (TPSA) is 64.8 Å². The molecular weight excluding hydrogens is 328 g/mol. The van der Waals surface area contributed by atoms with E-state index in [1.807, 2.05) is 6.07 Å². The number of hydrogen-bond donors (Lipinski definition) is 1. The Balaban J connectivity index is 1.65. The fraction of sp³-hybridized carbons (Fsp3) is 0.667. The maximum Gasteiger partial charge on any atom is 0.344 e. The average Bonchev–Trinajstić information content (AvgIpc) is 2.64. The summed E-state index contributed by atoms with van der Waals surface area (Å²) in [6, 6.07) is 6.92. The number of carbonyl (C=O) groups is 1. The summed E-state index contributed by atoms with van der Waals surface area (Å²) in [7, 11) is 0. The lowest BCUT2D eigenvalue weighted by Crippen LogP contribution is -2.50. The van der Waals surface area contributed by atoms with Gasteiger partial charge in [0.25, 0.3) is 0 Å². The van der Waals surface area contributed by atoms with Gasteiger partial charge in [-0.15, -0.1) is 0 Å². The van der Waals surface area contributed by atoms with Gasteiger partial charge in [0.05, 0.1) is 6.61 Å². The van der Waals surface area contributed by atoms with Gasteiger partial charge in [-0.3, -0.25) is 4.90 Å². The minimum absolute atomic E-state index is 0.0356. The smallest absolute Gasteiger partial charge is 0.344 e. The Labute approximate surface area is 156 Å². The van der Waals surface area contributed by atoms with E-state index >= 15 is 0 Å². The highest BCUT2D eigenvalue weighted by Crippen LogP contribution is 2.40. The molecule has 3 atom stereocenters. The van der Waals surface area contributed by atoms with Crippen molar-refractivity contribution in [1.29, 1.82) is 0 Å². The minimum Gasteiger partial charge on any atom is -0.482 e. The third-order valence-corrected chi connectivity index (χ3v) is 5.74. The highest BCUT2D eigenvalue weighted by atomic mass is 16.6. The zero-order chi connectivity index (χ0) is 18.5. The van der Waals surface area contributed by atoms with Gasteiger partial charge in [-0.2, -0.15) is 0 Å². The standard InChI is InChI=1S/C21H32N2O3/c1-3-5-6-16-13-23-10-9-15-11-17(26-14-21(24)25-4-2)7-8-18(15)20(23)12-19(16)22/h7-8,11,16,19-20H,3-6,9-10,12-14,22H2,1-2H3. The molecule has 3 unspecified atom stereocenters. The largest absolute Gasteiger partial charge is 0.482 e. The number of hydrogen-bond acceptors (Lipinski definition) is 5. The number of unbranched alkanes of at least 4 members (excludes halogenated alkanes) is 1. The summed E-state index contributed by atoms with van der Waals surface area (Å²) in [5.41, 5.74) is 9.23. The van der Waals surface area contributed by atoms with Crippen molar-refractivity contribution in [3.8, 4) is 5.75 Å². The molecule has 1 fully saturated rings. The fourth-order valence-electron chi connectivity index (χ4n) is 4.33. The van der Waals surface area contributed by atoms with E-state index in [9.17, 15) is 4.79 Å². The summed E-state index contributed by atoms with van der Waals surface area (Å²) in [6.07, 6.45) is 5.82. The molecule has 0 saturated carbocycles. The molecule has 5 heteroatoms. The number of fused-ring (bicyclic) bond motifs is 3. The van der Waals surface area contributed by atoms with Crippen LogP contribution in [0.3, 0.4) is 0 Å². The summed E-state index contributed by atoms with van der Waals surface area (Å²) < 4.78 is 10.5. The van der Waals surface area contributed by atoms with Crippen LogP contribution >= 0.6 is 0 Å². The van der Waals surface area contributed by atoms with Crippen LogP contribution in [0.2, 0.25) is 0 Å². The molecule has 26 heavy (non-hydrogen) atoms. The Morgan fingerprint density at radius 3 is 2.96 bits per heavy atom. The molecule has 144 valence electrons. The van der Waals surface area contributed by atoms with Crippen LogP contribution in [0.25, 0.3) is 0 Å². The van der Waals surface area contributed by atoms with Gasteiger partial charge in [0.1, 0.15) is 5.75 Å². The van der Waals surface area contributed by atoms with Crippen molar-refractivity contribution >= 4 is 5.97 Å². The van der Waals surface area contributed by atoms with Gasteiger partial charge in [0, 0.05) is 25.2 Å². The van der Waals surface area contributed by atoms with E-state index in [0.29, 0.717) is 18.6 Å². The molecule has 0 bridgehead atoms. The summed E-state index contributed by atoms with van der Waals surface area (Å²) in [6.45, 7) is 6.58. The number of carbonyl (C=O) groups excluding carboxylic acids is 1. The van der Waals surface area contributed by atoms with E-state index in [1.165, 1.54) is 30.4 Å². The average molecular weight is 360 g/mol. The third kappa shape index (κ3) is 4.38. The van der Waals surface area contributed by atoms with Crippen molar-refractivity contribution in [3.05, 3.63) is 29.3 Å². The molecule has 0 spiro atoms. The Kier molecular flexibility index (Phi) is 6.54. The number of ether oxygens (including phenoxy) is 2. The Hall–Kier alpha value is -1.59. The molecule has 0 amide bonds. The van der Waals surface area contributed by atoms with Crippen LogP contribution in [-0.2, 0) is 16.0 Å². The van der Waals surface area contributed by atoms with Crippen LogP contribution < -0.4 is 10.5 Å². The Morgan fingerprint density at radius 1 is 1.35 bits per heavy atom. The van der Waals surface area contributed by atoms with Gasteiger partial charge in [0.2, 0.25) is 0 Å². The zero-order valence-corrected chi connectivity index (χ0v) is 16.1. The molecule has 3 rings (SSSR count). The molecule has 5 nitrogen and oxygen atoms in total. The summed E-state index contributed by atoms with van der Waals surface area (Å²) in [5, 5.41) is 0. The van der Waals surface area contributed by atoms with Crippen molar-refractivity contribution < 1.29 is 14.3 Å². The summed E-state index contributed by atoms with van der Waals surface area (Å²) in [4.78, 5) is 14.1. The van der Waals surface area contributed by atoms with Gasteiger partial charge in [-0.25, -0.2) is 4.79 Å². The van der Waals surface area contributed by atoms with Crippen LogP contribution in [0.1, 0.15) is 56.7 Å². The molecule has 0 aliphatic carbocycles. The zero-order valence-electron chi connectivity index (χ0n) is 16.1. The van der Waals surface area contributed by atoms with Crippen molar-refractivity contribution in [1.82, 2.24) is 4.90 Å². The highest BCUT2D eigenvalue weighted by molar-refractivity contribution is 5.71. The first-order valence-electron chi connectivity index (χ1n) is 10.0. The molecular formula is C21H32N2O3. The molecule has 2 N–H and O–H groups in total. The van der Waals surface area contributed by atoms with Crippen molar-refractivity contribution in [2.75, 3.05) is 26.3 Å².